The maximum atomic E-state index is 11.1. The van der Waals surface area contributed by atoms with Gasteiger partial charge in [-0.3, -0.25) is 10.1 Å². The van der Waals surface area contributed by atoms with Gasteiger partial charge in [-0.1, -0.05) is 22.0 Å². The summed E-state index contributed by atoms with van der Waals surface area (Å²) in [5.41, 5.74) is 2.57. The van der Waals surface area contributed by atoms with Crippen LogP contribution in [0.5, 0.6) is 0 Å². The molecular formula is C15H16BrN3O2. The molecule has 0 aliphatic carbocycles. The van der Waals surface area contributed by atoms with Gasteiger partial charge in [-0.15, -0.1) is 0 Å². The number of hydrogen-bond donors (Lipinski definition) is 1. The van der Waals surface area contributed by atoms with Crippen LogP contribution in [0.4, 0.5) is 17.1 Å². The van der Waals surface area contributed by atoms with Gasteiger partial charge in [0, 0.05) is 36.9 Å². The quantitative estimate of drug-likeness (QED) is 0.653. The van der Waals surface area contributed by atoms with Gasteiger partial charge in [0.25, 0.3) is 5.69 Å². The molecule has 0 spiro atoms. The van der Waals surface area contributed by atoms with Crippen LogP contribution in [0, 0.1) is 10.1 Å². The van der Waals surface area contributed by atoms with E-state index in [4.69, 9.17) is 0 Å². The molecule has 0 aliphatic rings. The minimum atomic E-state index is -0.349. The maximum Gasteiger partial charge on any atom is 0.292 e. The molecule has 0 saturated carbocycles. The Morgan fingerprint density at radius 3 is 2.43 bits per heavy atom. The van der Waals surface area contributed by atoms with Gasteiger partial charge in [0.05, 0.1) is 4.92 Å². The van der Waals surface area contributed by atoms with Crippen LogP contribution in [0.15, 0.2) is 46.9 Å². The van der Waals surface area contributed by atoms with Crippen molar-refractivity contribution in [2.24, 2.45) is 0 Å². The Morgan fingerprint density at radius 2 is 1.86 bits per heavy atom. The predicted molar refractivity (Wildman–Crippen MR) is 88.9 cm³/mol. The monoisotopic (exact) mass is 349 g/mol. The van der Waals surface area contributed by atoms with Crippen LogP contribution < -0.4 is 10.2 Å². The van der Waals surface area contributed by atoms with E-state index in [1.807, 2.05) is 30.3 Å². The van der Waals surface area contributed by atoms with Gasteiger partial charge in [0.15, 0.2) is 0 Å². The normalized spacial score (nSPS) is 10.2. The van der Waals surface area contributed by atoms with Gasteiger partial charge in [-0.05, 0) is 35.9 Å². The molecule has 21 heavy (non-hydrogen) atoms. The second kappa shape index (κ2) is 6.58. The van der Waals surface area contributed by atoms with Crippen LogP contribution in [0.3, 0.4) is 0 Å². The molecule has 0 amide bonds. The molecule has 6 heteroatoms. The minimum Gasteiger partial charge on any atom is -0.381 e. The molecule has 0 saturated heterocycles. The van der Waals surface area contributed by atoms with E-state index in [9.17, 15) is 10.1 Å². The van der Waals surface area contributed by atoms with E-state index in [-0.39, 0.29) is 10.6 Å². The topological polar surface area (TPSA) is 58.4 Å². The second-order valence-electron chi connectivity index (χ2n) is 4.84. The second-order valence-corrected chi connectivity index (χ2v) is 5.75. The Hall–Kier alpha value is -2.08. The Morgan fingerprint density at radius 1 is 1.19 bits per heavy atom. The van der Waals surface area contributed by atoms with Gasteiger partial charge in [-0.25, -0.2) is 0 Å². The molecule has 0 aliphatic heterocycles. The standard InChI is InChI=1S/C15H16BrN3O2/c1-18(2)14-8-3-11(9-15(14)19(20)21)10-17-13-6-4-12(16)5-7-13/h3-9,17H,10H2,1-2H3. The Labute approximate surface area is 131 Å². The van der Waals surface area contributed by atoms with Crippen LogP contribution in [-0.2, 0) is 6.54 Å². The summed E-state index contributed by atoms with van der Waals surface area (Å²) in [6, 6.07) is 13.1. The summed E-state index contributed by atoms with van der Waals surface area (Å²) in [6.07, 6.45) is 0. The lowest BCUT2D eigenvalue weighted by molar-refractivity contribution is -0.384. The Balaban J connectivity index is 2.15. The van der Waals surface area contributed by atoms with E-state index in [1.165, 1.54) is 0 Å². The first kappa shape index (κ1) is 15.3. The van der Waals surface area contributed by atoms with Crippen LogP contribution in [0.2, 0.25) is 0 Å². The van der Waals surface area contributed by atoms with Crippen LogP contribution >= 0.6 is 15.9 Å². The molecule has 0 unspecified atom stereocenters. The number of anilines is 2. The molecule has 2 rings (SSSR count). The summed E-state index contributed by atoms with van der Waals surface area (Å²) in [7, 11) is 3.59. The maximum absolute atomic E-state index is 11.1. The molecule has 0 aromatic heterocycles. The average Bonchev–Trinajstić information content (AvgIpc) is 2.46. The number of nitro groups is 1. The lowest BCUT2D eigenvalue weighted by Gasteiger charge is -2.14. The number of rotatable bonds is 5. The fourth-order valence-electron chi connectivity index (χ4n) is 1.98. The highest BCUT2D eigenvalue weighted by atomic mass is 79.9. The third-order valence-electron chi connectivity index (χ3n) is 3.06. The predicted octanol–water partition coefficient (Wildman–Crippen LogP) is 4.04. The van der Waals surface area contributed by atoms with E-state index in [2.05, 4.69) is 21.2 Å². The number of benzene rings is 2. The number of nitrogens with zero attached hydrogens (tertiary/aromatic N) is 2. The molecule has 5 nitrogen and oxygen atoms in total. The van der Waals surface area contributed by atoms with Crippen molar-refractivity contribution in [3.8, 4) is 0 Å². The van der Waals surface area contributed by atoms with E-state index in [0.29, 0.717) is 12.2 Å². The molecule has 0 bridgehead atoms. The number of halogens is 1. The zero-order valence-corrected chi connectivity index (χ0v) is 13.4. The van der Waals surface area contributed by atoms with E-state index in [0.717, 1.165) is 15.7 Å². The molecular weight excluding hydrogens is 334 g/mol. The highest BCUT2D eigenvalue weighted by Crippen LogP contribution is 2.28. The fourth-order valence-corrected chi connectivity index (χ4v) is 2.24. The Kier molecular flexibility index (Phi) is 4.80. The van der Waals surface area contributed by atoms with Crippen molar-refractivity contribution in [2.45, 2.75) is 6.54 Å². The molecule has 0 heterocycles. The van der Waals surface area contributed by atoms with Crippen molar-refractivity contribution < 1.29 is 4.92 Å². The van der Waals surface area contributed by atoms with Crippen molar-refractivity contribution in [1.29, 1.82) is 0 Å². The van der Waals surface area contributed by atoms with E-state index in [1.54, 1.807) is 31.1 Å². The van der Waals surface area contributed by atoms with Crippen LogP contribution in [0.1, 0.15) is 5.56 Å². The highest BCUT2D eigenvalue weighted by molar-refractivity contribution is 9.10. The summed E-state index contributed by atoms with van der Waals surface area (Å²) < 4.78 is 1.01. The van der Waals surface area contributed by atoms with Crippen molar-refractivity contribution in [3.63, 3.8) is 0 Å². The minimum absolute atomic E-state index is 0.120. The van der Waals surface area contributed by atoms with Gasteiger partial charge >= 0.3 is 0 Å². The molecule has 0 radical (unpaired) electrons. The molecule has 0 atom stereocenters. The van der Waals surface area contributed by atoms with Crippen molar-refractivity contribution in [3.05, 3.63) is 62.6 Å². The van der Waals surface area contributed by atoms with Gasteiger partial charge in [-0.2, -0.15) is 0 Å². The zero-order chi connectivity index (χ0) is 15.4. The lowest BCUT2D eigenvalue weighted by Crippen LogP contribution is -2.11. The first-order valence-corrected chi connectivity index (χ1v) is 7.21. The zero-order valence-electron chi connectivity index (χ0n) is 11.8. The largest absolute Gasteiger partial charge is 0.381 e. The van der Waals surface area contributed by atoms with Crippen molar-refractivity contribution in [1.82, 2.24) is 0 Å². The fraction of sp³-hybridized carbons (Fsp3) is 0.200. The van der Waals surface area contributed by atoms with Gasteiger partial charge in [0.1, 0.15) is 5.69 Å². The third-order valence-corrected chi connectivity index (χ3v) is 3.59. The molecule has 2 aromatic carbocycles. The third kappa shape index (κ3) is 3.95. The van der Waals surface area contributed by atoms with E-state index >= 15 is 0 Å². The lowest BCUT2D eigenvalue weighted by atomic mass is 10.1. The average molecular weight is 350 g/mol. The van der Waals surface area contributed by atoms with Crippen molar-refractivity contribution in [2.75, 3.05) is 24.3 Å². The smallest absolute Gasteiger partial charge is 0.292 e. The summed E-state index contributed by atoms with van der Waals surface area (Å²) in [5, 5.41) is 14.4. The molecule has 110 valence electrons. The summed E-state index contributed by atoms with van der Waals surface area (Å²) in [6.45, 7) is 0.538. The summed E-state index contributed by atoms with van der Waals surface area (Å²) in [5.74, 6) is 0. The van der Waals surface area contributed by atoms with Gasteiger partial charge in [0.2, 0.25) is 0 Å². The van der Waals surface area contributed by atoms with Crippen LogP contribution in [-0.4, -0.2) is 19.0 Å². The van der Waals surface area contributed by atoms with Crippen LogP contribution in [0.25, 0.3) is 0 Å². The highest BCUT2D eigenvalue weighted by Gasteiger charge is 2.15. The number of nitro benzene ring substituents is 1. The van der Waals surface area contributed by atoms with Gasteiger partial charge < -0.3 is 10.2 Å². The summed E-state index contributed by atoms with van der Waals surface area (Å²) >= 11 is 3.38. The van der Waals surface area contributed by atoms with Crippen molar-refractivity contribution >= 4 is 33.0 Å². The Bertz CT molecular complexity index is 642. The molecule has 2 aromatic rings. The SMILES string of the molecule is CN(C)c1ccc(CNc2ccc(Br)cc2)cc1[N+](=O)[O-]. The summed E-state index contributed by atoms with van der Waals surface area (Å²) in [4.78, 5) is 12.5. The first-order chi connectivity index (χ1) is 9.97. The number of hydrogen-bond acceptors (Lipinski definition) is 4. The number of nitrogens with one attached hydrogen (secondary N) is 1. The first-order valence-electron chi connectivity index (χ1n) is 6.41. The molecule has 0 fully saturated rings. The van der Waals surface area contributed by atoms with E-state index < -0.39 is 0 Å². The molecule has 1 N–H and O–H groups in total.